The number of carboxylic acid groups (broad SMARTS) is 1. The Morgan fingerprint density at radius 3 is 2.58 bits per heavy atom. The quantitative estimate of drug-likeness (QED) is 0.854. The van der Waals surface area contributed by atoms with Crippen molar-refractivity contribution in [3.8, 4) is 0 Å². The van der Waals surface area contributed by atoms with Crippen molar-refractivity contribution in [1.29, 1.82) is 0 Å². The van der Waals surface area contributed by atoms with E-state index in [0.29, 0.717) is 11.7 Å². The van der Waals surface area contributed by atoms with Gasteiger partial charge in [-0.15, -0.1) is 0 Å². The normalized spacial score (nSPS) is 16.0. The van der Waals surface area contributed by atoms with Crippen molar-refractivity contribution in [3.05, 3.63) is 53.9 Å². The summed E-state index contributed by atoms with van der Waals surface area (Å²) in [6.07, 6.45) is 6.24. The Hall–Kier alpha value is -2.63. The molecular formula is C18H21N3O3. The molecule has 1 unspecified atom stereocenters. The zero-order chi connectivity index (χ0) is 16.9. The highest BCUT2D eigenvalue weighted by molar-refractivity contribution is 5.92. The highest BCUT2D eigenvalue weighted by atomic mass is 16.4. The van der Waals surface area contributed by atoms with Crippen LogP contribution in [-0.2, 0) is 4.79 Å². The van der Waals surface area contributed by atoms with Crippen LogP contribution in [0, 0.1) is 0 Å². The van der Waals surface area contributed by atoms with Gasteiger partial charge in [-0.2, -0.15) is 5.10 Å². The second-order valence-corrected chi connectivity index (χ2v) is 6.15. The van der Waals surface area contributed by atoms with Gasteiger partial charge in [-0.3, -0.25) is 14.3 Å². The van der Waals surface area contributed by atoms with E-state index in [0.717, 1.165) is 18.4 Å². The Labute approximate surface area is 140 Å². The van der Waals surface area contributed by atoms with Crippen molar-refractivity contribution in [2.75, 3.05) is 0 Å². The monoisotopic (exact) mass is 327 g/mol. The molecule has 1 aliphatic carbocycles. The van der Waals surface area contributed by atoms with Crippen molar-refractivity contribution in [2.45, 2.75) is 44.2 Å². The van der Waals surface area contributed by atoms with Crippen LogP contribution in [0.1, 0.15) is 60.2 Å². The van der Waals surface area contributed by atoms with Gasteiger partial charge in [0.2, 0.25) is 0 Å². The van der Waals surface area contributed by atoms with Crippen LogP contribution in [0.15, 0.2) is 42.6 Å². The van der Waals surface area contributed by atoms with Crippen LogP contribution >= 0.6 is 0 Å². The molecule has 2 aromatic rings. The van der Waals surface area contributed by atoms with Crippen LogP contribution in [0.25, 0.3) is 0 Å². The lowest BCUT2D eigenvalue weighted by Gasteiger charge is -2.16. The Balaban J connectivity index is 1.72. The third-order valence-electron chi connectivity index (χ3n) is 4.43. The van der Waals surface area contributed by atoms with Gasteiger partial charge in [-0.1, -0.05) is 43.2 Å². The van der Waals surface area contributed by atoms with E-state index >= 15 is 0 Å². The van der Waals surface area contributed by atoms with E-state index in [1.807, 2.05) is 41.2 Å². The predicted octanol–water partition coefficient (Wildman–Crippen LogP) is 2.94. The lowest BCUT2D eigenvalue weighted by atomic mass is 10.0. The van der Waals surface area contributed by atoms with E-state index in [4.69, 9.17) is 5.11 Å². The Kier molecular flexibility index (Phi) is 4.93. The van der Waals surface area contributed by atoms with Crippen LogP contribution in [-0.4, -0.2) is 26.8 Å². The topological polar surface area (TPSA) is 84.2 Å². The average Bonchev–Trinajstić information content (AvgIpc) is 3.25. The standard InChI is InChI=1S/C18H21N3O3/c22-17(23)12-16(13-6-2-1-3-7-13)19-18(24)15-10-11-21(20-15)14-8-4-5-9-14/h1-3,6-7,10-11,14,16H,4-5,8-9,12H2,(H,19,24)(H,22,23). The molecule has 0 bridgehead atoms. The number of aromatic nitrogens is 2. The molecule has 1 aliphatic rings. The fourth-order valence-corrected chi connectivity index (χ4v) is 3.18. The van der Waals surface area contributed by atoms with Gasteiger partial charge in [0, 0.05) is 6.20 Å². The second kappa shape index (κ2) is 7.29. The molecule has 1 heterocycles. The van der Waals surface area contributed by atoms with E-state index in [-0.39, 0.29) is 12.3 Å². The Morgan fingerprint density at radius 1 is 1.21 bits per heavy atom. The average molecular weight is 327 g/mol. The van der Waals surface area contributed by atoms with Gasteiger partial charge in [0.25, 0.3) is 5.91 Å². The van der Waals surface area contributed by atoms with E-state index in [9.17, 15) is 9.59 Å². The van der Waals surface area contributed by atoms with E-state index < -0.39 is 12.0 Å². The van der Waals surface area contributed by atoms with E-state index in [1.54, 1.807) is 6.07 Å². The van der Waals surface area contributed by atoms with Gasteiger partial charge < -0.3 is 10.4 Å². The number of rotatable bonds is 6. The predicted molar refractivity (Wildman–Crippen MR) is 88.6 cm³/mol. The highest BCUT2D eigenvalue weighted by Gasteiger charge is 2.22. The van der Waals surface area contributed by atoms with E-state index in [1.165, 1.54) is 12.8 Å². The molecule has 126 valence electrons. The van der Waals surface area contributed by atoms with Crippen LogP contribution in [0.2, 0.25) is 0 Å². The molecule has 0 radical (unpaired) electrons. The first kappa shape index (κ1) is 16.2. The number of hydrogen-bond acceptors (Lipinski definition) is 3. The molecule has 2 N–H and O–H groups in total. The molecule has 1 fully saturated rings. The van der Waals surface area contributed by atoms with Crippen molar-refractivity contribution < 1.29 is 14.7 Å². The minimum atomic E-state index is -0.958. The molecule has 1 atom stereocenters. The number of amides is 1. The zero-order valence-corrected chi connectivity index (χ0v) is 13.4. The molecule has 1 amide bonds. The minimum Gasteiger partial charge on any atom is -0.481 e. The first-order valence-electron chi connectivity index (χ1n) is 8.26. The molecule has 0 saturated heterocycles. The van der Waals surface area contributed by atoms with Gasteiger partial charge in [-0.25, -0.2) is 0 Å². The maximum absolute atomic E-state index is 12.5. The third kappa shape index (κ3) is 3.82. The van der Waals surface area contributed by atoms with Gasteiger partial charge in [0.1, 0.15) is 5.69 Å². The molecule has 1 aromatic carbocycles. The number of carbonyl (C=O) groups is 2. The maximum atomic E-state index is 12.5. The fourth-order valence-electron chi connectivity index (χ4n) is 3.18. The van der Waals surface area contributed by atoms with Crippen molar-refractivity contribution in [1.82, 2.24) is 15.1 Å². The van der Waals surface area contributed by atoms with Gasteiger partial charge >= 0.3 is 5.97 Å². The van der Waals surface area contributed by atoms with Gasteiger partial charge in [-0.05, 0) is 24.5 Å². The molecule has 6 nitrogen and oxygen atoms in total. The van der Waals surface area contributed by atoms with Crippen LogP contribution in [0.5, 0.6) is 0 Å². The number of nitrogens with zero attached hydrogens (tertiary/aromatic N) is 2. The van der Waals surface area contributed by atoms with Crippen molar-refractivity contribution in [2.24, 2.45) is 0 Å². The smallest absolute Gasteiger partial charge is 0.305 e. The summed E-state index contributed by atoms with van der Waals surface area (Å²) < 4.78 is 1.86. The van der Waals surface area contributed by atoms with Gasteiger partial charge in [0.05, 0.1) is 18.5 Å². The van der Waals surface area contributed by atoms with Crippen molar-refractivity contribution in [3.63, 3.8) is 0 Å². The SMILES string of the molecule is O=C(O)CC(NC(=O)c1ccn(C2CCCC2)n1)c1ccccc1. The summed E-state index contributed by atoms with van der Waals surface area (Å²) >= 11 is 0. The summed E-state index contributed by atoms with van der Waals surface area (Å²) in [5.74, 6) is -1.30. The molecular weight excluding hydrogens is 306 g/mol. The first-order valence-corrected chi connectivity index (χ1v) is 8.26. The number of carboxylic acids is 1. The minimum absolute atomic E-state index is 0.168. The molecule has 3 rings (SSSR count). The van der Waals surface area contributed by atoms with Crippen LogP contribution in [0.4, 0.5) is 0 Å². The molecule has 1 saturated carbocycles. The molecule has 1 aromatic heterocycles. The highest BCUT2D eigenvalue weighted by Crippen LogP contribution is 2.28. The molecule has 24 heavy (non-hydrogen) atoms. The number of benzene rings is 1. The number of nitrogens with one attached hydrogen (secondary N) is 1. The third-order valence-corrected chi connectivity index (χ3v) is 4.43. The largest absolute Gasteiger partial charge is 0.481 e. The maximum Gasteiger partial charge on any atom is 0.305 e. The summed E-state index contributed by atoms with van der Waals surface area (Å²) in [5.41, 5.74) is 1.09. The van der Waals surface area contributed by atoms with Crippen molar-refractivity contribution >= 4 is 11.9 Å². The Morgan fingerprint density at radius 2 is 1.92 bits per heavy atom. The summed E-state index contributed by atoms with van der Waals surface area (Å²) in [4.78, 5) is 23.6. The van der Waals surface area contributed by atoms with Crippen LogP contribution in [0.3, 0.4) is 0 Å². The summed E-state index contributed by atoms with van der Waals surface area (Å²) in [6.45, 7) is 0. The number of carbonyl (C=O) groups excluding carboxylic acids is 1. The summed E-state index contributed by atoms with van der Waals surface area (Å²) in [5, 5.41) is 16.3. The fraction of sp³-hybridized carbons (Fsp3) is 0.389. The van der Waals surface area contributed by atoms with E-state index in [2.05, 4.69) is 10.4 Å². The Bertz CT molecular complexity index is 705. The molecule has 6 heteroatoms. The van der Waals surface area contributed by atoms with Gasteiger partial charge in [0.15, 0.2) is 0 Å². The molecule has 0 aliphatic heterocycles. The number of hydrogen-bond donors (Lipinski definition) is 2. The zero-order valence-electron chi connectivity index (χ0n) is 13.4. The second-order valence-electron chi connectivity index (χ2n) is 6.15. The first-order chi connectivity index (χ1) is 11.6. The lowest BCUT2D eigenvalue weighted by molar-refractivity contribution is -0.137. The number of aliphatic carboxylic acids is 1. The summed E-state index contributed by atoms with van der Waals surface area (Å²) in [7, 11) is 0. The molecule has 0 spiro atoms. The summed E-state index contributed by atoms with van der Waals surface area (Å²) in [6, 6.07) is 10.6. The van der Waals surface area contributed by atoms with Crippen LogP contribution < -0.4 is 5.32 Å². The lowest BCUT2D eigenvalue weighted by Crippen LogP contribution is -2.30.